The number of carbonyl (C=O) groups is 1. The Bertz CT molecular complexity index is 545. The maximum absolute atomic E-state index is 11.1. The van der Waals surface area contributed by atoms with Gasteiger partial charge in [-0.25, -0.2) is 14.8 Å². The molecule has 2 aromatic heterocycles. The fourth-order valence-electron chi connectivity index (χ4n) is 1.59. The Kier molecular flexibility index (Phi) is 3.23. The van der Waals surface area contributed by atoms with Crippen LogP contribution < -0.4 is 0 Å². The van der Waals surface area contributed by atoms with Crippen LogP contribution in [0.1, 0.15) is 28.7 Å². The number of thiazole rings is 1. The van der Waals surface area contributed by atoms with Crippen LogP contribution in [0.5, 0.6) is 0 Å². The van der Waals surface area contributed by atoms with Crippen molar-refractivity contribution in [3.8, 4) is 10.8 Å². The Hall–Kier alpha value is -1.69. The van der Waals surface area contributed by atoms with Gasteiger partial charge in [-0.05, 0) is 6.42 Å². The van der Waals surface area contributed by atoms with E-state index >= 15 is 0 Å². The molecule has 90 valence electrons. The smallest absolute Gasteiger partial charge is 0.347 e. The maximum Gasteiger partial charge on any atom is 0.347 e. The molecule has 0 aromatic carbocycles. The summed E-state index contributed by atoms with van der Waals surface area (Å²) in [6.07, 6.45) is 5.06. The van der Waals surface area contributed by atoms with Crippen molar-refractivity contribution in [1.29, 1.82) is 0 Å². The van der Waals surface area contributed by atoms with E-state index in [0.29, 0.717) is 27.8 Å². The van der Waals surface area contributed by atoms with Crippen LogP contribution in [0.3, 0.4) is 0 Å². The minimum absolute atomic E-state index is 0.324. The van der Waals surface area contributed by atoms with Crippen molar-refractivity contribution in [2.75, 3.05) is 0 Å². The number of rotatable bonds is 4. The number of imidazole rings is 1. The van der Waals surface area contributed by atoms with Crippen molar-refractivity contribution in [1.82, 2.24) is 14.5 Å². The zero-order chi connectivity index (χ0) is 12.4. The molecule has 2 aromatic rings. The van der Waals surface area contributed by atoms with Gasteiger partial charge in [-0.1, -0.05) is 13.3 Å². The number of aromatic carboxylic acids is 1. The van der Waals surface area contributed by atoms with Crippen molar-refractivity contribution in [2.45, 2.75) is 19.8 Å². The summed E-state index contributed by atoms with van der Waals surface area (Å²) in [4.78, 5) is 20.0. The SMILES string of the molecule is CCCc1nc(-c2nccn2C)sc1C(=O)O. The van der Waals surface area contributed by atoms with Gasteiger partial charge in [0.1, 0.15) is 4.88 Å². The van der Waals surface area contributed by atoms with E-state index in [0.717, 1.165) is 6.42 Å². The van der Waals surface area contributed by atoms with Crippen LogP contribution >= 0.6 is 11.3 Å². The van der Waals surface area contributed by atoms with E-state index in [2.05, 4.69) is 9.97 Å². The number of carboxylic acids is 1. The summed E-state index contributed by atoms with van der Waals surface area (Å²) in [7, 11) is 1.86. The van der Waals surface area contributed by atoms with Crippen molar-refractivity contribution in [3.63, 3.8) is 0 Å². The highest BCUT2D eigenvalue weighted by molar-refractivity contribution is 7.16. The molecule has 2 heterocycles. The number of aryl methyl sites for hydroxylation is 2. The minimum Gasteiger partial charge on any atom is -0.477 e. The fourth-order valence-corrected chi connectivity index (χ4v) is 2.58. The molecule has 0 bridgehead atoms. The lowest BCUT2D eigenvalue weighted by molar-refractivity contribution is 0.0700. The minimum atomic E-state index is -0.911. The molecule has 0 fully saturated rings. The molecule has 0 aliphatic carbocycles. The van der Waals surface area contributed by atoms with Crippen molar-refractivity contribution < 1.29 is 9.90 Å². The lowest BCUT2D eigenvalue weighted by Crippen LogP contribution is -1.98. The van der Waals surface area contributed by atoms with Gasteiger partial charge < -0.3 is 9.67 Å². The molecule has 0 aliphatic rings. The molecular weight excluding hydrogens is 238 g/mol. The largest absolute Gasteiger partial charge is 0.477 e. The van der Waals surface area contributed by atoms with Crippen LogP contribution in [0.4, 0.5) is 0 Å². The van der Waals surface area contributed by atoms with E-state index in [4.69, 9.17) is 5.11 Å². The summed E-state index contributed by atoms with van der Waals surface area (Å²) in [6.45, 7) is 2.01. The van der Waals surface area contributed by atoms with Gasteiger partial charge in [0.15, 0.2) is 10.8 Å². The normalized spacial score (nSPS) is 10.7. The summed E-state index contributed by atoms with van der Waals surface area (Å²) >= 11 is 1.19. The molecule has 0 amide bonds. The first-order valence-corrected chi connectivity index (χ1v) is 6.15. The lowest BCUT2D eigenvalue weighted by Gasteiger charge is -1.95. The van der Waals surface area contributed by atoms with E-state index in [9.17, 15) is 4.79 Å². The van der Waals surface area contributed by atoms with Gasteiger partial charge in [-0.15, -0.1) is 11.3 Å². The second kappa shape index (κ2) is 4.67. The van der Waals surface area contributed by atoms with E-state index < -0.39 is 5.97 Å². The number of hydrogen-bond acceptors (Lipinski definition) is 4. The van der Waals surface area contributed by atoms with Crippen LogP contribution in [0.2, 0.25) is 0 Å². The van der Waals surface area contributed by atoms with Gasteiger partial charge in [0.2, 0.25) is 0 Å². The predicted octanol–water partition coefficient (Wildman–Crippen LogP) is 2.19. The summed E-state index contributed by atoms with van der Waals surface area (Å²) in [5.74, 6) is -0.203. The molecule has 0 saturated carbocycles. The van der Waals surface area contributed by atoms with Crippen LogP contribution in [0.15, 0.2) is 12.4 Å². The fraction of sp³-hybridized carbons (Fsp3) is 0.364. The Morgan fingerprint density at radius 2 is 2.35 bits per heavy atom. The Morgan fingerprint density at radius 3 is 2.88 bits per heavy atom. The Balaban J connectivity index is 2.47. The van der Waals surface area contributed by atoms with Gasteiger partial charge in [-0.2, -0.15) is 0 Å². The predicted molar refractivity (Wildman–Crippen MR) is 65.3 cm³/mol. The summed E-state index contributed by atoms with van der Waals surface area (Å²) in [6, 6.07) is 0. The molecule has 0 unspecified atom stereocenters. The first-order valence-electron chi connectivity index (χ1n) is 5.34. The van der Waals surface area contributed by atoms with Gasteiger partial charge >= 0.3 is 5.97 Å². The Labute approximate surface area is 103 Å². The van der Waals surface area contributed by atoms with E-state index in [1.54, 1.807) is 6.20 Å². The highest BCUT2D eigenvalue weighted by Crippen LogP contribution is 2.27. The zero-order valence-corrected chi connectivity index (χ0v) is 10.5. The van der Waals surface area contributed by atoms with Crippen LogP contribution in [-0.2, 0) is 13.5 Å². The van der Waals surface area contributed by atoms with Gasteiger partial charge in [0.25, 0.3) is 0 Å². The molecule has 0 radical (unpaired) electrons. The van der Waals surface area contributed by atoms with Crippen LogP contribution in [-0.4, -0.2) is 25.6 Å². The van der Waals surface area contributed by atoms with Gasteiger partial charge in [0, 0.05) is 19.4 Å². The summed E-state index contributed by atoms with van der Waals surface area (Å²) in [5.41, 5.74) is 0.656. The number of nitrogens with zero attached hydrogens (tertiary/aromatic N) is 3. The quantitative estimate of drug-likeness (QED) is 0.904. The summed E-state index contributed by atoms with van der Waals surface area (Å²) < 4.78 is 1.83. The number of hydrogen-bond donors (Lipinski definition) is 1. The molecular formula is C11H13N3O2S. The van der Waals surface area contributed by atoms with Gasteiger partial charge in [-0.3, -0.25) is 0 Å². The topological polar surface area (TPSA) is 68.0 Å². The monoisotopic (exact) mass is 251 g/mol. The molecule has 0 spiro atoms. The average molecular weight is 251 g/mol. The first-order chi connectivity index (χ1) is 8.13. The highest BCUT2D eigenvalue weighted by atomic mass is 32.1. The third-order valence-corrected chi connectivity index (χ3v) is 3.47. The third kappa shape index (κ3) is 2.21. The molecule has 0 saturated heterocycles. The zero-order valence-electron chi connectivity index (χ0n) is 9.67. The van der Waals surface area contributed by atoms with Crippen molar-refractivity contribution in [3.05, 3.63) is 23.0 Å². The molecule has 2 rings (SSSR count). The molecule has 0 aliphatic heterocycles. The molecule has 1 N–H and O–H groups in total. The second-order valence-electron chi connectivity index (χ2n) is 3.71. The molecule has 0 atom stereocenters. The van der Waals surface area contributed by atoms with E-state index in [-0.39, 0.29) is 0 Å². The van der Waals surface area contributed by atoms with E-state index in [1.807, 2.05) is 24.7 Å². The highest BCUT2D eigenvalue weighted by Gasteiger charge is 2.19. The molecule has 6 heteroatoms. The lowest BCUT2D eigenvalue weighted by atomic mass is 10.2. The first kappa shape index (κ1) is 11.8. The van der Waals surface area contributed by atoms with E-state index in [1.165, 1.54) is 11.3 Å². The third-order valence-electron chi connectivity index (χ3n) is 2.39. The van der Waals surface area contributed by atoms with Crippen LogP contribution in [0, 0.1) is 0 Å². The average Bonchev–Trinajstić information content (AvgIpc) is 2.84. The number of aromatic nitrogens is 3. The van der Waals surface area contributed by atoms with Gasteiger partial charge in [0.05, 0.1) is 5.69 Å². The second-order valence-corrected chi connectivity index (χ2v) is 4.71. The molecule has 5 nitrogen and oxygen atoms in total. The van der Waals surface area contributed by atoms with Crippen LogP contribution in [0.25, 0.3) is 10.8 Å². The number of carboxylic acid groups (broad SMARTS) is 1. The summed E-state index contributed by atoms with van der Waals surface area (Å²) in [5, 5.41) is 9.78. The van der Waals surface area contributed by atoms with Crippen molar-refractivity contribution in [2.24, 2.45) is 7.05 Å². The Morgan fingerprint density at radius 1 is 1.59 bits per heavy atom. The standard InChI is InChI=1S/C11H13N3O2S/c1-3-4-7-8(11(15)16)17-10(13-7)9-12-5-6-14(9)2/h5-6H,3-4H2,1-2H3,(H,15,16). The van der Waals surface area contributed by atoms with Crippen molar-refractivity contribution >= 4 is 17.3 Å². The molecule has 17 heavy (non-hydrogen) atoms. The maximum atomic E-state index is 11.1.